The highest BCUT2D eigenvalue weighted by molar-refractivity contribution is 5.75. The van der Waals surface area contributed by atoms with E-state index in [1.165, 1.54) is 0 Å². The molecule has 0 saturated carbocycles. The molecule has 9 nitrogen and oxygen atoms in total. The Bertz CT molecular complexity index is 730. The van der Waals surface area contributed by atoms with Crippen LogP contribution < -0.4 is 10.2 Å². The summed E-state index contributed by atoms with van der Waals surface area (Å²) in [6.07, 6.45) is 0. The lowest BCUT2D eigenvalue weighted by atomic mass is 10.3. The number of rotatable bonds is 1. The van der Waals surface area contributed by atoms with Crippen LogP contribution in [0, 0.1) is 6.92 Å². The molecule has 9 heteroatoms. The van der Waals surface area contributed by atoms with Gasteiger partial charge in [-0.15, -0.1) is 14.8 Å². The molecule has 0 aromatic carbocycles. The van der Waals surface area contributed by atoms with E-state index in [2.05, 4.69) is 25.4 Å². The van der Waals surface area contributed by atoms with Crippen molar-refractivity contribution in [3.63, 3.8) is 0 Å². The number of fused-ring (bicyclic) bond motifs is 1. The van der Waals surface area contributed by atoms with Crippen molar-refractivity contribution < 1.29 is 4.79 Å². The van der Waals surface area contributed by atoms with Gasteiger partial charge in [-0.25, -0.2) is 9.78 Å². The minimum Gasteiger partial charge on any atom is -0.352 e. The fraction of sp³-hybridized carbons (Fsp3) is 0.600. The second-order valence-corrected chi connectivity index (χ2v) is 6.19. The molecule has 0 unspecified atom stereocenters. The average molecular weight is 330 g/mol. The third-order valence-electron chi connectivity index (χ3n) is 4.56. The summed E-state index contributed by atoms with van der Waals surface area (Å²) in [5.41, 5.74) is 0.753. The zero-order chi connectivity index (χ0) is 16.5. The van der Waals surface area contributed by atoms with E-state index in [-0.39, 0.29) is 6.03 Å². The summed E-state index contributed by atoms with van der Waals surface area (Å²) >= 11 is 0. The zero-order valence-electron chi connectivity index (χ0n) is 13.9. The summed E-state index contributed by atoms with van der Waals surface area (Å²) in [7, 11) is 0. The summed E-state index contributed by atoms with van der Waals surface area (Å²) in [5.74, 6) is 1.59. The Kier molecular flexibility index (Phi) is 3.93. The maximum Gasteiger partial charge on any atom is 0.320 e. The Morgan fingerprint density at radius 1 is 1.00 bits per heavy atom. The number of urea groups is 1. The van der Waals surface area contributed by atoms with Crippen molar-refractivity contribution in [1.82, 2.24) is 34.9 Å². The predicted octanol–water partition coefficient (Wildman–Crippen LogP) is -0.420. The Morgan fingerprint density at radius 3 is 2.46 bits per heavy atom. The van der Waals surface area contributed by atoms with Crippen LogP contribution in [0.2, 0.25) is 0 Å². The fourth-order valence-electron chi connectivity index (χ4n) is 3.23. The third-order valence-corrected chi connectivity index (χ3v) is 4.56. The Labute approximate surface area is 140 Å². The van der Waals surface area contributed by atoms with Gasteiger partial charge in [0.1, 0.15) is 5.82 Å². The molecule has 24 heavy (non-hydrogen) atoms. The summed E-state index contributed by atoms with van der Waals surface area (Å²) < 4.78 is 1.57. The predicted molar refractivity (Wildman–Crippen MR) is 89.1 cm³/mol. The van der Waals surface area contributed by atoms with E-state index >= 15 is 0 Å². The number of anilines is 1. The summed E-state index contributed by atoms with van der Waals surface area (Å²) in [4.78, 5) is 22.9. The van der Waals surface area contributed by atoms with E-state index in [9.17, 15) is 4.79 Å². The highest BCUT2D eigenvalue weighted by Gasteiger charge is 2.26. The number of piperazine rings is 2. The van der Waals surface area contributed by atoms with Crippen molar-refractivity contribution >= 4 is 17.5 Å². The van der Waals surface area contributed by atoms with Crippen LogP contribution >= 0.6 is 0 Å². The number of aromatic nitrogens is 4. The molecule has 0 aliphatic carbocycles. The number of nitrogens with zero attached hydrogens (tertiary/aromatic N) is 7. The topological polar surface area (TPSA) is 81.9 Å². The minimum absolute atomic E-state index is 0.159. The standard InChI is InChI=1S/C15H22N8O/c1-12-17-13-2-3-14(19-23(13)18-12)20-8-10-22(11-9-20)15(24)21-6-4-16-5-7-21/h2-3,16H,4-11H2,1H3. The van der Waals surface area contributed by atoms with Crippen LogP contribution in [0.1, 0.15) is 5.82 Å². The normalized spacial score (nSPS) is 19.1. The van der Waals surface area contributed by atoms with Crippen molar-refractivity contribution in [3.8, 4) is 0 Å². The van der Waals surface area contributed by atoms with E-state index in [0.717, 1.165) is 63.8 Å². The van der Waals surface area contributed by atoms with Crippen LogP contribution in [0.25, 0.3) is 5.65 Å². The van der Waals surface area contributed by atoms with Gasteiger partial charge in [-0.3, -0.25) is 0 Å². The molecule has 2 aliphatic rings. The molecule has 0 bridgehead atoms. The minimum atomic E-state index is 0.159. The molecule has 2 fully saturated rings. The number of hydrogen-bond donors (Lipinski definition) is 1. The van der Waals surface area contributed by atoms with Gasteiger partial charge in [-0.1, -0.05) is 0 Å². The van der Waals surface area contributed by atoms with Gasteiger partial charge in [0.2, 0.25) is 0 Å². The van der Waals surface area contributed by atoms with Gasteiger partial charge in [-0.2, -0.15) is 0 Å². The molecule has 0 atom stereocenters. The van der Waals surface area contributed by atoms with Crippen molar-refractivity contribution in [2.45, 2.75) is 6.92 Å². The number of hydrogen-bond acceptors (Lipinski definition) is 6. The van der Waals surface area contributed by atoms with Crippen molar-refractivity contribution in [2.75, 3.05) is 57.3 Å². The third kappa shape index (κ3) is 2.86. The lowest BCUT2D eigenvalue weighted by molar-refractivity contribution is 0.144. The molecule has 2 aromatic rings. The number of carbonyl (C=O) groups excluding carboxylic acids is 1. The quantitative estimate of drug-likeness (QED) is 0.765. The highest BCUT2D eigenvalue weighted by Crippen LogP contribution is 2.15. The van der Waals surface area contributed by atoms with Gasteiger partial charge in [0.15, 0.2) is 11.5 Å². The molecule has 1 N–H and O–H groups in total. The van der Waals surface area contributed by atoms with Gasteiger partial charge in [0.05, 0.1) is 0 Å². The van der Waals surface area contributed by atoms with Gasteiger partial charge < -0.3 is 20.0 Å². The largest absolute Gasteiger partial charge is 0.352 e. The summed E-state index contributed by atoms with van der Waals surface area (Å²) in [6.45, 7) is 8.21. The first kappa shape index (κ1) is 15.1. The summed E-state index contributed by atoms with van der Waals surface area (Å²) in [6, 6.07) is 4.06. The van der Waals surface area contributed by atoms with E-state index in [4.69, 9.17) is 0 Å². The molecule has 2 aliphatic heterocycles. The van der Waals surface area contributed by atoms with Crippen LogP contribution in [0.5, 0.6) is 0 Å². The van der Waals surface area contributed by atoms with E-state index in [1.54, 1.807) is 4.63 Å². The lowest BCUT2D eigenvalue weighted by Gasteiger charge is -2.39. The van der Waals surface area contributed by atoms with Gasteiger partial charge in [0.25, 0.3) is 0 Å². The number of aryl methyl sites for hydroxylation is 1. The van der Waals surface area contributed by atoms with Gasteiger partial charge >= 0.3 is 6.03 Å². The van der Waals surface area contributed by atoms with Crippen LogP contribution in [0.3, 0.4) is 0 Å². The molecule has 2 amide bonds. The second kappa shape index (κ2) is 6.23. The Hall–Kier alpha value is -2.42. The smallest absolute Gasteiger partial charge is 0.320 e. The highest BCUT2D eigenvalue weighted by atomic mass is 16.2. The number of carbonyl (C=O) groups is 1. The molecule has 128 valence electrons. The molecule has 2 aromatic heterocycles. The molecule has 4 heterocycles. The van der Waals surface area contributed by atoms with E-state index < -0.39 is 0 Å². The van der Waals surface area contributed by atoms with Gasteiger partial charge in [0, 0.05) is 52.4 Å². The lowest BCUT2D eigenvalue weighted by Crippen LogP contribution is -2.56. The molecule has 2 saturated heterocycles. The van der Waals surface area contributed by atoms with E-state index in [0.29, 0.717) is 5.82 Å². The van der Waals surface area contributed by atoms with Crippen LogP contribution in [-0.4, -0.2) is 88.0 Å². The first-order valence-corrected chi connectivity index (χ1v) is 8.41. The fourth-order valence-corrected chi connectivity index (χ4v) is 3.23. The monoisotopic (exact) mass is 330 g/mol. The SMILES string of the molecule is Cc1nc2ccc(N3CCN(C(=O)N4CCNCC4)CC3)nn2n1. The zero-order valence-corrected chi connectivity index (χ0v) is 13.9. The van der Waals surface area contributed by atoms with Crippen molar-refractivity contribution in [3.05, 3.63) is 18.0 Å². The number of nitrogens with one attached hydrogen (secondary N) is 1. The average Bonchev–Trinajstić information content (AvgIpc) is 3.01. The molecule has 0 radical (unpaired) electrons. The first-order valence-electron chi connectivity index (χ1n) is 8.41. The molecular formula is C15H22N8O. The molecular weight excluding hydrogens is 308 g/mol. The van der Waals surface area contributed by atoms with Crippen molar-refractivity contribution in [2.24, 2.45) is 0 Å². The van der Waals surface area contributed by atoms with Crippen LogP contribution in [0.4, 0.5) is 10.6 Å². The maximum absolute atomic E-state index is 12.5. The van der Waals surface area contributed by atoms with Gasteiger partial charge in [-0.05, 0) is 19.1 Å². The van der Waals surface area contributed by atoms with Crippen LogP contribution in [-0.2, 0) is 0 Å². The Morgan fingerprint density at radius 2 is 1.71 bits per heavy atom. The van der Waals surface area contributed by atoms with E-state index in [1.807, 2.05) is 28.9 Å². The second-order valence-electron chi connectivity index (χ2n) is 6.19. The molecule has 0 spiro atoms. The van der Waals surface area contributed by atoms with Crippen molar-refractivity contribution in [1.29, 1.82) is 0 Å². The summed E-state index contributed by atoms with van der Waals surface area (Å²) in [5, 5.41) is 12.1. The maximum atomic E-state index is 12.5. The molecule has 4 rings (SSSR count). The number of amides is 2. The Balaban J connectivity index is 1.40. The first-order chi connectivity index (χ1) is 11.7. The van der Waals surface area contributed by atoms with Crippen LogP contribution in [0.15, 0.2) is 12.1 Å².